The summed E-state index contributed by atoms with van der Waals surface area (Å²) in [5.74, 6) is 0.286. The van der Waals surface area contributed by atoms with Crippen molar-refractivity contribution in [3.8, 4) is 22.7 Å². The molecule has 1 atom stereocenters. The molecule has 1 aliphatic heterocycles. The van der Waals surface area contributed by atoms with Crippen LogP contribution in [0.1, 0.15) is 36.6 Å². The number of carbonyl (C=O) groups is 1. The minimum Gasteiger partial charge on any atom is -0.489 e. The molecule has 47 heavy (non-hydrogen) atoms. The van der Waals surface area contributed by atoms with Crippen molar-refractivity contribution in [1.82, 2.24) is 14.3 Å². The van der Waals surface area contributed by atoms with Gasteiger partial charge in [0.25, 0.3) is 5.56 Å². The molecule has 0 saturated carbocycles. The van der Waals surface area contributed by atoms with Gasteiger partial charge in [-0.15, -0.1) is 11.8 Å². The number of fused-ring (bicyclic) bond motifs is 1. The number of rotatable bonds is 10. The van der Waals surface area contributed by atoms with Crippen molar-refractivity contribution in [2.24, 2.45) is 4.99 Å². The SMILES string of the molecule is C=CCOc1ccc(-c2nn(-c3ccccc3)cc2C=c2sc3n(c2=O)C(c2ccc(SC)cc2)C(C(=O)OCC)=C(C)N=3)cc1C. The number of aromatic nitrogens is 3. The van der Waals surface area contributed by atoms with E-state index < -0.39 is 12.0 Å². The van der Waals surface area contributed by atoms with Crippen LogP contribution in [0.15, 0.2) is 118 Å². The maximum absolute atomic E-state index is 14.3. The zero-order valence-electron chi connectivity index (χ0n) is 26.6. The molecule has 1 aliphatic rings. The third-order valence-corrected chi connectivity index (χ3v) is 9.53. The second kappa shape index (κ2) is 13.8. The maximum atomic E-state index is 14.3. The van der Waals surface area contributed by atoms with E-state index in [1.807, 2.05) is 103 Å². The zero-order valence-corrected chi connectivity index (χ0v) is 28.2. The van der Waals surface area contributed by atoms with Gasteiger partial charge in [0, 0.05) is 22.2 Å². The highest BCUT2D eigenvalue weighted by Crippen LogP contribution is 2.32. The van der Waals surface area contributed by atoms with Gasteiger partial charge in [-0.25, -0.2) is 14.5 Å². The van der Waals surface area contributed by atoms with E-state index in [2.05, 4.69) is 6.58 Å². The van der Waals surface area contributed by atoms with Gasteiger partial charge in [0.15, 0.2) is 4.80 Å². The number of aryl methyl sites for hydroxylation is 1. The minimum atomic E-state index is -0.680. The standard InChI is InChI=1S/C37H34N4O4S2/c1-6-19-45-30-18-15-26(20-23(30)3)33-27(22-40(39-33)28-11-9-8-10-12-28)21-31-35(42)41-34(25-13-16-29(46-5)17-14-25)32(36(43)44-7-2)24(4)38-37(41)47-31/h6,8-18,20-22,34H,1,7,19H2,2-5H3. The molecule has 3 aromatic carbocycles. The fourth-order valence-electron chi connectivity index (χ4n) is 5.57. The summed E-state index contributed by atoms with van der Waals surface area (Å²) in [4.78, 5) is 34.0. The third-order valence-electron chi connectivity index (χ3n) is 7.80. The van der Waals surface area contributed by atoms with Crippen molar-refractivity contribution >= 4 is 35.1 Å². The Kier molecular flexibility index (Phi) is 9.42. The molecule has 0 spiro atoms. The monoisotopic (exact) mass is 662 g/mol. The molecule has 5 aromatic rings. The largest absolute Gasteiger partial charge is 0.489 e. The molecule has 6 rings (SSSR count). The molecule has 238 valence electrons. The number of nitrogens with zero attached hydrogens (tertiary/aromatic N) is 4. The van der Waals surface area contributed by atoms with Crippen LogP contribution in [0.25, 0.3) is 23.0 Å². The van der Waals surface area contributed by atoms with Crippen LogP contribution in [0.5, 0.6) is 5.75 Å². The zero-order chi connectivity index (χ0) is 33.1. The Hall–Kier alpha value is -4.93. The van der Waals surface area contributed by atoms with Gasteiger partial charge >= 0.3 is 5.97 Å². The minimum absolute atomic E-state index is 0.215. The summed E-state index contributed by atoms with van der Waals surface area (Å²) in [6.07, 6.45) is 7.51. The summed E-state index contributed by atoms with van der Waals surface area (Å²) in [5.41, 5.74) is 5.65. The second-order valence-corrected chi connectivity index (χ2v) is 12.8. The van der Waals surface area contributed by atoms with E-state index in [9.17, 15) is 9.59 Å². The summed E-state index contributed by atoms with van der Waals surface area (Å²) in [6, 6.07) is 23.0. The predicted molar refractivity (Wildman–Crippen MR) is 188 cm³/mol. The molecule has 0 N–H and O–H groups in total. The molecule has 0 bridgehead atoms. The molecule has 2 aromatic heterocycles. The third kappa shape index (κ3) is 6.39. The van der Waals surface area contributed by atoms with Crippen LogP contribution in [-0.2, 0) is 9.53 Å². The van der Waals surface area contributed by atoms with E-state index >= 15 is 0 Å². The quantitative estimate of drug-likeness (QED) is 0.0999. The smallest absolute Gasteiger partial charge is 0.338 e. The number of hydrogen-bond acceptors (Lipinski definition) is 8. The molecule has 0 saturated heterocycles. The Morgan fingerprint density at radius 2 is 1.85 bits per heavy atom. The van der Waals surface area contributed by atoms with Crippen LogP contribution in [-0.4, -0.2) is 39.8 Å². The van der Waals surface area contributed by atoms with Gasteiger partial charge in [0.05, 0.1) is 34.1 Å². The maximum Gasteiger partial charge on any atom is 0.338 e. The molecule has 0 aliphatic carbocycles. The first-order chi connectivity index (χ1) is 22.8. The first-order valence-corrected chi connectivity index (χ1v) is 17.2. The van der Waals surface area contributed by atoms with Crippen LogP contribution in [0.2, 0.25) is 0 Å². The fourth-order valence-corrected chi connectivity index (χ4v) is 7.02. The van der Waals surface area contributed by atoms with Crippen LogP contribution in [0, 0.1) is 6.92 Å². The van der Waals surface area contributed by atoms with Crippen molar-refractivity contribution in [2.45, 2.75) is 31.7 Å². The molecule has 8 nitrogen and oxygen atoms in total. The lowest BCUT2D eigenvalue weighted by Gasteiger charge is -2.24. The average Bonchev–Trinajstić information content (AvgIpc) is 3.64. The van der Waals surface area contributed by atoms with E-state index in [0.29, 0.717) is 32.9 Å². The molecule has 0 fully saturated rings. The lowest BCUT2D eigenvalue weighted by atomic mass is 9.96. The first kappa shape index (κ1) is 32.0. The van der Waals surface area contributed by atoms with Gasteiger partial charge in [-0.1, -0.05) is 54.3 Å². The van der Waals surface area contributed by atoms with Crippen molar-refractivity contribution in [2.75, 3.05) is 19.5 Å². The molecular formula is C37H34N4O4S2. The van der Waals surface area contributed by atoms with Crippen molar-refractivity contribution in [3.05, 3.63) is 139 Å². The summed E-state index contributed by atoms with van der Waals surface area (Å²) < 4.78 is 15.2. The van der Waals surface area contributed by atoms with E-state index in [0.717, 1.165) is 38.6 Å². The number of thioether (sulfide) groups is 1. The second-order valence-electron chi connectivity index (χ2n) is 10.9. The average molecular weight is 663 g/mol. The number of carbonyl (C=O) groups excluding carboxylic acids is 1. The normalized spacial score (nSPS) is 14.5. The van der Waals surface area contributed by atoms with Crippen LogP contribution >= 0.6 is 23.1 Å². The van der Waals surface area contributed by atoms with Crippen molar-refractivity contribution in [3.63, 3.8) is 0 Å². The molecule has 3 heterocycles. The highest BCUT2D eigenvalue weighted by atomic mass is 32.2. The summed E-state index contributed by atoms with van der Waals surface area (Å²) in [5, 5.41) is 4.97. The summed E-state index contributed by atoms with van der Waals surface area (Å²) >= 11 is 2.92. The Balaban J connectivity index is 1.53. The van der Waals surface area contributed by atoms with E-state index in [1.54, 1.807) is 36.3 Å². The number of ether oxygens (including phenoxy) is 2. The number of esters is 1. The number of benzene rings is 3. The van der Waals surface area contributed by atoms with Gasteiger partial charge in [-0.05, 0) is 86.7 Å². The first-order valence-electron chi connectivity index (χ1n) is 15.2. The number of thiazole rings is 1. The lowest BCUT2D eigenvalue weighted by molar-refractivity contribution is -0.139. The highest BCUT2D eigenvalue weighted by molar-refractivity contribution is 7.98. The number of hydrogen-bond donors (Lipinski definition) is 0. The Morgan fingerprint density at radius 3 is 2.53 bits per heavy atom. The van der Waals surface area contributed by atoms with Crippen molar-refractivity contribution < 1.29 is 14.3 Å². The predicted octanol–water partition coefficient (Wildman–Crippen LogP) is 6.25. The summed E-state index contributed by atoms with van der Waals surface area (Å²) in [7, 11) is 0. The fraction of sp³-hybridized carbons (Fsp3) is 0.189. The van der Waals surface area contributed by atoms with E-state index in [-0.39, 0.29) is 12.2 Å². The molecule has 0 amide bonds. The topological polar surface area (TPSA) is 87.7 Å². The number of allylic oxidation sites excluding steroid dienone is 1. The van der Waals surface area contributed by atoms with Crippen LogP contribution in [0.4, 0.5) is 0 Å². The van der Waals surface area contributed by atoms with Crippen LogP contribution < -0.4 is 19.6 Å². The van der Waals surface area contributed by atoms with E-state index in [4.69, 9.17) is 19.6 Å². The van der Waals surface area contributed by atoms with Crippen LogP contribution in [0.3, 0.4) is 0 Å². The van der Waals surface area contributed by atoms with Gasteiger partial charge in [0.1, 0.15) is 18.1 Å². The Morgan fingerprint density at radius 1 is 1.09 bits per heavy atom. The molecule has 10 heteroatoms. The lowest BCUT2D eigenvalue weighted by Crippen LogP contribution is -2.39. The van der Waals surface area contributed by atoms with Gasteiger partial charge in [-0.2, -0.15) is 5.10 Å². The van der Waals surface area contributed by atoms with Gasteiger partial charge in [0.2, 0.25) is 0 Å². The molecular weight excluding hydrogens is 629 g/mol. The Labute approximate surface area is 281 Å². The Bertz CT molecular complexity index is 2180. The van der Waals surface area contributed by atoms with Crippen molar-refractivity contribution in [1.29, 1.82) is 0 Å². The van der Waals surface area contributed by atoms with Gasteiger partial charge in [-0.3, -0.25) is 9.36 Å². The highest BCUT2D eigenvalue weighted by Gasteiger charge is 2.33. The molecule has 1 unspecified atom stereocenters. The summed E-state index contributed by atoms with van der Waals surface area (Å²) in [6.45, 7) is 9.91. The van der Waals surface area contributed by atoms with E-state index in [1.165, 1.54) is 11.3 Å². The van der Waals surface area contributed by atoms with Gasteiger partial charge < -0.3 is 9.47 Å². The number of para-hydroxylation sites is 1. The molecule has 0 radical (unpaired) electrons.